The molecule has 1 aromatic heterocycles. The number of anilines is 1. The van der Waals surface area contributed by atoms with Crippen LogP contribution in [0.5, 0.6) is 0 Å². The van der Waals surface area contributed by atoms with E-state index in [1.54, 1.807) is 5.01 Å². The van der Waals surface area contributed by atoms with Crippen LogP contribution in [0.2, 0.25) is 0 Å². The molecular formula is C19H17BrN4O3. The summed E-state index contributed by atoms with van der Waals surface area (Å²) < 4.78 is 7.64. The van der Waals surface area contributed by atoms with Crippen LogP contribution < -0.4 is 5.01 Å². The van der Waals surface area contributed by atoms with Crippen LogP contribution >= 0.6 is 15.9 Å². The van der Waals surface area contributed by atoms with Gasteiger partial charge < -0.3 is 4.74 Å². The summed E-state index contributed by atoms with van der Waals surface area (Å²) in [7, 11) is 0. The third kappa shape index (κ3) is 3.06. The first-order valence-electron chi connectivity index (χ1n) is 8.60. The summed E-state index contributed by atoms with van der Waals surface area (Å²) in [5.41, 5.74) is 2.07. The van der Waals surface area contributed by atoms with E-state index in [1.165, 1.54) is 4.57 Å². The largest absolute Gasteiger partial charge is 0.448 e. The van der Waals surface area contributed by atoms with Crippen molar-refractivity contribution in [1.29, 1.82) is 0 Å². The van der Waals surface area contributed by atoms with E-state index in [1.807, 2.05) is 55.5 Å². The molecule has 0 atom stereocenters. The Kier molecular flexibility index (Phi) is 4.57. The van der Waals surface area contributed by atoms with Crippen LogP contribution in [0.1, 0.15) is 19.2 Å². The number of hydrazine groups is 1. The van der Waals surface area contributed by atoms with E-state index < -0.39 is 12.1 Å². The summed E-state index contributed by atoms with van der Waals surface area (Å²) in [4.78, 5) is 30.5. The van der Waals surface area contributed by atoms with Gasteiger partial charge in [0.25, 0.3) is 0 Å². The van der Waals surface area contributed by atoms with Crippen LogP contribution in [0.15, 0.2) is 53.0 Å². The zero-order valence-corrected chi connectivity index (χ0v) is 16.2. The second-order valence-corrected chi connectivity index (χ2v) is 7.01. The number of carbonyl (C=O) groups excluding carboxylic acids is 2. The summed E-state index contributed by atoms with van der Waals surface area (Å²) in [5.74, 6) is 0.573. The second-order valence-electron chi connectivity index (χ2n) is 6.09. The van der Waals surface area contributed by atoms with Crippen molar-refractivity contribution < 1.29 is 14.3 Å². The summed E-state index contributed by atoms with van der Waals surface area (Å²) in [6.45, 7) is 2.41. The summed E-state index contributed by atoms with van der Waals surface area (Å²) >= 11 is 3.40. The fourth-order valence-electron chi connectivity index (χ4n) is 3.05. The number of hydrogen-bond acceptors (Lipinski definition) is 5. The number of imide groups is 1. The number of benzene rings is 2. The molecule has 2 heterocycles. The molecule has 2 aromatic carbocycles. The average Bonchev–Trinajstić information content (AvgIpc) is 3.05. The molecule has 0 saturated carbocycles. The molecule has 0 saturated heterocycles. The van der Waals surface area contributed by atoms with Gasteiger partial charge in [-0.2, -0.15) is 0 Å². The highest BCUT2D eigenvalue weighted by Gasteiger charge is 2.38. The molecule has 0 bridgehead atoms. The first kappa shape index (κ1) is 17.5. The van der Waals surface area contributed by atoms with E-state index in [9.17, 15) is 9.59 Å². The molecule has 1 aliphatic heterocycles. The van der Waals surface area contributed by atoms with Gasteiger partial charge in [-0.1, -0.05) is 35.0 Å². The topological polar surface area (TPSA) is 67.7 Å². The van der Waals surface area contributed by atoms with E-state index in [0.717, 1.165) is 9.48 Å². The van der Waals surface area contributed by atoms with Gasteiger partial charge in [-0.15, -0.1) is 5.01 Å². The van der Waals surface area contributed by atoms with Crippen LogP contribution in [0, 0.1) is 0 Å². The number of ether oxygens (including phenoxy) is 1. The molecule has 7 nitrogen and oxygen atoms in total. The number of amides is 2. The molecule has 0 radical (unpaired) electrons. The Bertz CT molecular complexity index is 1020. The van der Waals surface area contributed by atoms with E-state index >= 15 is 0 Å². The van der Waals surface area contributed by atoms with Crippen molar-refractivity contribution in [3.8, 4) is 0 Å². The molecule has 0 aliphatic carbocycles. The van der Waals surface area contributed by atoms with Gasteiger partial charge in [0.2, 0.25) is 0 Å². The van der Waals surface area contributed by atoms with E-state index in [2.05, 4.69) is 20.9 Å². The lowest BCUT2D eigenvalue weighted by Crippen LogP contribution is -2.55. The Labute approximate surface area is 164 Å². The van der Waals surface area contributed by atoms with Gasteiger partial charge >= 0.3 is 12.1 Å². The Morgan fingerprint density at radius 1 is 1.19 bits per heavy atom. The van der Waals surface area contributed by atoms with Gasteiger partial charge in [-0.25, -0.2) is 19.1 Å². The molecule has 27 heavy (non-hydrogen) atoms. The van der Waals surface area contributed by atoms with E-state index in [0.29, 0.717) is 29.0 Å². The highest BCUT2D eigenvalue weighted by Crippen LogP contribution is 2.29. The molecule has 0 fully saturated rings. The smallest absolute Gasteiger partial charge is 0.437 e. The van der Waals surface area contributed by atoms with Crippen LogP contribution in [-0.2, 0) is 11.3 Å². The van der Waals surface area contributed by atoms with E-state index in [-0.39, 0.29) is 13.2 Å². The third-order valence-corrected chi connectivity index (χ3v) is 4.79. The molecule has 138 valence electrons. The number of carbonyl (C=O) groups is 2. The predicted molar refractivity (Wildman–Crippen MR) is 104 cm³/mol. The molecular weight excluding hydrogens is 412 g/mol. The number of aromatic nitrogens is 2. The number of para-hydroxylation sites is 2. The maximum atomic E-state index is 13.2. The van der Waals surface area contributed by atoms with Crippen LogP contribution in [0.4, 0.5) is 15.3 Å². The van der Waals surface area contributed by atoms with Gasteiger partial charge in [-0.05, 0) is 42.8 Å². The molecule has 4 rings (SSSR count). The SMILES string of the molecule is CCCOC(=O)N1C(=O)n2c(nc3ccccc32)CN1c1ccc(Br)cc1. The van der Waals surface area contributed by atoms with Gasteiger partial charge in [0.1, 0.15) is 5.82 Å². The number of imidazole rings is 1. The number of hydrogen-bond donors (Lipinski definition) is 0. The average molecular weight is 429 g/mol. The minimum absolute atomic E-state index is 0.244. The summed E-state index contributed by atoms with van der Waals surface area (Å²) in [6, 6.07) is 14.2. The minimum atomic E-state index is -0.701. The Balaban J connectivity index is 1.82. The predicted octanol–water partition coefficient (Wildman–Crippen LogP) is 4.55. The Hall–Kier alpha value is -2.87. The lowest BCUT2D eigenvalue weighted by atomic mass is 10.3. The maximum Gasteiger partial charge on any atom is 0.437 e. The first-order valence-corrected chi connectivity index (χ1v) is 9.40. The van der Waals surface area contributed by atoms with Crippen LogP contribution in [0.3, 0.4) is 0 Å². The van der Waals surface area contributed by atoms with Crippen molar-refractivity contribution >= 4 is 44.8 Å². The van der Waals surface area contributed by atoms with Crippen molar-refractivity contribution in [2.45, 2.75) is 19.9 Å². The Morgan fingerprint density at radius 2 is 1.93 bits per heavy atom. The maximum absolute atomic E-state index is 13.2. The Morgan fingerprint density at radius 3 is 2.67 bits per heavy atom. The number of nitrogens with zero attached hydrogens (tertiary/aromatic N) is 4. The summed E-state index contributed by atoms with van der Waals surface area (Å²) in [5, 5.41) is 2.63. The monoisotopic (exact) mass is 428 g/mol. The van der Waals surface area contributed by atoms with Crippen LogP contribution in [0.25, 0.3) is 11.0 Å². The van der Waals surface area contributed by atoms with Crippen molar-refractivity contribution in [3.63, 3.8) is 0 Å². The standard InChI is InChI=1S/C19H17BrN4O3/c1-2-11-27-19(26)24-18(25)23-16-6-4-3-5-15(16)21-17(23)12-22(24)14-9-7-13(20)8-10-14/h3-10H,2,11-12H2,1H3. The molecule has 3 aromatic rings. The third-order valence-electron chi connectivity index (χ3n) is 4.26. The highest BCUT2D eigenvalue weighted by atomic mass is 79.9. The molecule has 2 amide bonds. The van der Waals surface area contributed by atoms with Gasteiger partial charge in [0.15, 0.2) is 0 Å². The van der Waals surface area contributed by atoms with Crippen molar-refractivity contribution in [2.75, 3.05) is 11.6 Å². The number of fused-ring (bicyclic) bond motifs is 3. The first-order chi connectivity index (χ1) is 13.1. The van der Waals surface area contributed by atoms with E-state index in [4.69, 9.17) is 4.74 Å². The lowest BCUT2D eigenvalue weighted by Gasteiger charge is -2.37. The van der Waals surface area contributed by atoms with Gasteiger partial charge in [-0.3, -0.25) is 5.01 Å². The molecule has 1 aliphatic rings. The lowest BCUT2D eigenvalue weighted by molar-refractivity contribution is 0.102. The second kappa shape index (κ2) is 7.03. The quantitative estimate of drug-likeness (QED) is 0.611. The fraction of sp³-hybridized carbons (Fsp3) is 0.211. The molecule has 8 heteroatoms. The minimum Gasteiger partial charge on any atom is -0.448 e. The van der Waals surface area contributed by atoms with Crippen molar-refractivity contribution in [3.05, 3.63) is 58.8 Å². The number of halogens is 1. The zero-order valence-electron chi connectivity index (χ0n) is 14.6. The number of rotatable bonds is 3. The zero-order chi connectivity index (χ0) is 19.0. The molecule has 0 N–H and O–H groups in total. The van der Waals surface area contributed by atoms with Crippen molar-refractivity contribution in [2.24, 2.45) is 0 Å². The normalized spacial score (nSPS) is 13.8. The fourth-order valence-corrected chi connectivity index (χ4v) is 3.31. The van der Waals surface area contributed by atoms with Crippen LogP contribution in [-0.4, -0.2) is 33.3 Å². The molecule has 0 unspecified atom stereocenters. The van der Waals surface area contributed by atoms with Gasteiger partial charge in [0, 0.05) is 4.47 Å². The van der Waals surface area contributed by atoms with Crippen molar-refractivity contribution in [1.82, 2.24) is 14.6 Å². The summed E-state index contributed by atoms with van der Waals surface area (Å²) in [6.07, 6.45) is -0.0288. The highest BCUT2D eigenvalue weighted by molar-refractivity contribution is 9.10. The molecule has 0 spiro atoms. The van der Waals surface area contributed by atoms with Gasteiger partial charge in [0.05, 0.1) is 29.9 Å².